The number of piperidine rings is 1. The highest BCUT2D eigenvalue weighted by Gasteiger charge is 2.26. The number of nitrogens with zero attached hydrogens (tertiary/aromatic N) is 4. The van der Waals surface area contributed by atoms with E-state index >= 15 is 0 Å². The Bertz CT molecular complexity index is 818. The molecular weight excluding hydrogens is 322 g/mol. The highest BCUT2D eigenvalue weighted by molar-refractivity contribution is 6.11. The first-order valence-electron chi connectivity index (χ1n) is 9.09. The molecule has 0 bridgehead atoms. The molecule has 1 saturated heterocycles. The predicted octanol–water partition coefficient (Wildman–Crippen LogP) is 3.17. The number of amidine groups is 1. The van der Waals surface area contributed by atoms with Gasteiger partial charge in [0.25, 0.3) is 0 Å². The molecule has 0 amide bonds. The Morgan fingerprint density at radius 1 is 1.04 bits per heavy atom. The standard InChI is InChI=1S/C21H23N5/c1-16(17-7-3-2-4-8-17)25-26-13-10-18(11-14-26)20-15-23-21(24-20)19-9-5-6-12-22-19/h2-9,12,18,25H,1,10-11,13-15H2. The summed E-state index contributed by atoms with van der Waals surface area (Å²) in [5.41, 5.74) is 7.58. The number of aromatic nitrogens is 1. The van der Waals surface area contributed by atoms with Crippen molar-refractivity contribution in [2.75, 3.05) is 19.6 Å². The van der Waals surface area contributed by atoms with Gasteiger partial charge in [-0.2, -0.15) is 0 Å². The van der Waals surface area contributed by atoms with Crippen LogP contribution in [0, 0.1) is 5.92 Å². The number of rotatable bonds is 5. The van der Waals surface area contributed by atoms with Crippen LogP contribution in [-0.2, 0) is 0 Å². The summed E-state index contributed by atoms with van der Waals surface area (Å²) >= 11 is 0. The summed E-state index contributed by atoms with van der Waals surface area (Å²) in [6.07, 6.45) is 3.95. The van der Waals surface area contributed by atoms with E-state index in [1.165, 1.54) is 5.71 Å². The second-order valence-electron chi connectivity index (χ2n) is 6.68. The minimum Gasteiger partial charge on any atom is -0.319 e. The van der Waals surface area contributed by atoms with Crippen molar-refractivity contribution in [3.8, 4) is 0 Å². The molecule has 2 aliphatic heterocycles. The molecule has 1 aromatic heterocycles. The maximum absolute atomic E-state index is 4.76. The molecule has 2 aromatic rings. The van der Waals surface area contributed by atoms with Gasteiger partial charge >= 0.3 is 0 Å². The zero-order chi connectivity index (χ0) is 17.8. The number of hydrogen-bond acceptors (Lipinski definition) is 5. The molecule has 1 N–H and O–H groups in total. The zero-order valence-electron chi connectivity index (χ0n) is 14.8. The lowest BCUT2D eigenvalue weighted by Gasteiger charge is -2.33. The summed E-state index contributed by atoms with van der Waals surface area (Å²) in [5.74, 6) is 1.28. The minimum atomic E-state index is 0.503. The Balaban J connectivity index is 1.31. The van der Waals surface area contributed by atoms with Gasteiger partial charge < -0.3 is 5.43 Å². The van der Waals surface area contributed by atoms with Crippen molar-refractivity contribution < 1.29 is 0 Å². The summed E-state index contributed by atoms with van der Waals surface area (Å²) in [4.78, 5) is 13.7. The molecule has 0 spiro atoms. The van der Waals surface area contributed by atoms with Crippen LogP contribution in [0.25, 0.3) is 5.70 Å². The Kier molecular flexibility index (Phi) is 4.88. The summed E-state index contributed by atoms with van der Waals surface area (Å²) in [6.45, 7) is 6.83. The van der Waals surface area contributed by atoms with Gasteiger partial charge in [-0.1, -0.05) is 43.0 Å². The first-order valence-corrected chi connectivity index (χ1v) is 9.09. The molecule has 1 aromatic carbocycles. The average molecular weight is 345 g/mol. The molecule has 0 atom stereocenters. The molecule has 5 heteroatoms. The SMILES string of the molecule is C=C(NN1CCC(C2=NC(c3ccccn3)=NC2)CC1)c1ccccc1. The number of hydrogen-bond donors (Lipinski definition) is 1. The van der Waals surface area contributed by atoms with Crippen LogP contribution < -0.4 is 5.43 Å². The number of aliphatic imine (C=N–C) groups is 2. The minimum absolute atomic E-state index is 0.503. The highest BCUT2D eigenvalue weighted by Crippen LogP contribution is 2.22. The number of benzene rings is 1. The van der Waals surface area contributed by atoms with Crippen molar-refractivity contribution in [2.24, 2.45) is 15.9 Å². The third-order valence-corrected chi connectivity index (χ3v) is 4.92. The van der Waals surface area contributed by atoms with E-state index < -0.39 is 0 Å². The van der Waals surface area contributed by atoms with Gasteiger partial charge in [0.15, 0.2) is 5.84 Å². The fraction of sp³-hybridized carbons (Fsp3) is 0.286. The van der Waals surface area contributed by atoms with E-state index in [2.05, 4.69) is 39.1 Å². The fourth-order valence-electron chi connectivity index (χ4n) is 3.44. The molecule has 0 unspecified atom stereocenters. The second kappa shape index (κ2) is 7.62. The smallest absolute Gasteiger partial charge is 0.173 e. The summed E-state index contributed by atoms with van der Waals surface area (Å²) in [6, 6.07) is 16.1. The maximum Gasteiger partial charge on any atom is 0.173 e. The normalized spacial score (nSPS) is 18.3. The Labute approximate surface area is 154 Å². The lowest BCUT2D eigenvalue weighted by Crippen LogP contribution is -2.44. The lowest BCUT2D eigenvalue weighted by atomic mass is 9.92. The van der Waals surface area contributed by atoms with E-state index in [4.69, 9.17) is 4.99 Å². The fourth-order valence-corrected chi connectivity index (χ4v) is 3.44. The maximum atomic E-state index is 4.76. The molecule has 0 saturated carbocycles. The van der Waals surface area contributed by atoms with Crippen LogP contribution in [0.15, 0.2) is 71.3 Å². The van der Waals surface area contributed by atoms with Crippen molar-refractivity contribution in [1.29, 1.82) is 0 Å². The van der Waals surface area contributed by atoms with Crippen LogP contribution in [-0.4, -0.2) is 41.2 Å². The van der Waals surface area contributed by atoms with Gasteiger partial charge in [0, 0.05) is 36.6 Å². The molecule has 3 heterocycles. The summed E-state index contributed by atoms with van der Waals surface area (Å²) in [5, 5.41) is 2.25. The van der Waals surface area contributed by atoms with Gasteiger partial charge in [-0.3, -0.25) is 9.98 Å². The zero-order valence-corrected chi connectivity index (χ0v) is 14.8. The van der Waals surface area contributed by atoms with Crippen molar-refractivity contribution in [3.05, 3.63) is 72.6 Å². The third-order valence-electron chi connectivity index (χ3n) is 4.92. The van der Waals surface area contributed by atoms with E-state index in [0.29, 0.717) is 12.5 Å². The van der Waals surface area contributed by atoms with Gasteiger partial charge in [-0.25, -0.2) is 10.0 Å². The third kappa shape index (κ3) is 3.73. The monoisotopic (exact) mass is 345 g/mol. The van der Waals surface area contributed by atoms with Gasteiger partial charge in [0.2, 0.25) is 0 Å². The Morgan fingerprint density at radius 2 is 1.81 bits per heavy atom. The topological polar surface area (TPSA) is 52.9 Å². The first kappa shape index (κ1) is 16.7. The van der Waals surface area contributed by atoms with Crippen molar-refractivity contribution in [1.82, 2.24) is 15.4 Å². The van der Waals surface area contributed by atoms with Gasteiger partial charge in [0.1, 0.15) is 5.69 Å². The van der Waals surface area contributed by atoms with E-state index in [0.717, 1.165) is 48.7 Å². The van der Waals surface area contributed by atoms with E-state index in [1.807, 2.05) is 36.4 Å². The van der Waals surface area contributed by atoms with Crippen molar-refractivity contribution in [2.45, 2.75) is 12.8 Å². The van der Waals surface area contributed by atoms with E-state index in [9.17, 15) is 0 Å². The molecular formula is C21H23N5. The van der Waals surface area contributed by atoms with Crippen molar-refractivity contribution in [3.63, 3.8) is 0 Å². The molecule has 5 nitrogen and oxygen atoms in total. The van der Waals surface area contributed by atoms with E-state index in [1.54, 1.807) is 6.20 Å². The average Bonchev–Trinajstić information content (AvgIpc) is 3.20. The number of hydrazine groups is 1. The van der Waals surface area contributed by atoms with Crippen LogP contribution in [0.2, 0.25) is 0 Å². The molecule has 1 fully saturated rings. The van der Waals surface area contributed by atoms with Crippen LogP contribution >= 0.6 is 0 Å². The molecule has 0 aliphatic carbocycles. The Morgan fingerprint density at radius 3 is 2.54 bits per heavy atom. The summed E-state index contributed by atoms with van der Waals surface area (Å²) in [7, 11) is 0. The van der Waals surface area contributed by atoms with E-state index in [-0.39, 0.29) is 0 Å². The molecule has 132 valence electrons. The van der Waals surface area contributed by atoms with Crippen LogP contribution in [0.1, 0.15) is 24.1 Å². The van der Waals surface area contributed by atoms with Gasteiger partial charge in [-0.15, -0.1) is 0 Å². The second-order valence-corrected chi connectivity index (χ2v) is 6.68. The van der Waals surface area contributed by atoms with Crippen LogP contribution in [0.5, 0.6) is 0 Å². The molecule has 4 rings (SSSR count). The Hall–Kier alpha value is -2.79. The first-order chi connectivity index (χ1) is 12.8. The molecule has 2 aliphatic rings. The van der Waals surface area contributed by atoms with Crippen LogP contribution in [0.4, 0.5) is 0 Å². The van der Waals surface area contributed by atoms with Crippen LogP contribution in [0.3, 0.4) is 0 Å². The molecule has 0 radical (unpaired) electrons. The number of pyridine rings is 1. The summed E-state index contributed by atoms with van der Waals surface area (Å²) < 4.78 is 0. The van der Waals surface area contributed by atoms with Gasteiger partial charge in [0.05, 0.1) is 6.54 Å². The lowest BCUT2D eigenvalue weighted by molar-refractivity contribution is 0.172. The molecule has 26 heavy (non-hydrogen) atoms. The highest BCUT2D eigenvalue weighted by atomic mass is 15.5. The predicted molar refractivity (Wildman–Crippen MR) is 106 cm³/mol. The van der Waals surface area contributed by atoms with Gasteiger partial charge in [-0.05, 0) is 30.5 Å². The largest absolute Gasteiger partial charge is 0.319 e. The number of nitrogens with one attached hydrogen (secondary N) is 1. The quantitative estimate of drug-likeness (QED) is 0.905. The van der Waals surface area contributed by atoms with Crippen molar-refractivity contribution >= 4 is 17.2 Å².